The van der Waals surface area contributed by atoms with E-state index in [1.54, 1.807) is 13.8 Å². The van der Waals surface area contributed by atoms with Gasteiger partial charge in [0.25, 0.3) is 10.0 Å². The first-order chi connectivity index (χ1) is 19.6. The number of aliphatic hydroxyl groups excluding tert-OH is 1. The normalized spacial score (nSPS) is 17.1. The van der Waals surface area contributed by atoms with E-state index in [2.05, 4.69) is 4.18 Å². The predicted molar refractivity (Wildman–Crippen MR) is 139 cm³/mol. The van der Waals surface area contributed by atoms with E-state index >= 15 is 0 Å². The second-order valence-corrected chi connectivity index (χ2v) is 17.7. The van der Waals surface area contributed by atoms with Gasteiger partial charge in [0.2, 0.25) is 0 Å². The smallest absolute Gasteiger partial charge is 0.386 e. The first kappa shape index (κ1) is 37.8. The molecule has 2 rings (SSSR count). The summed E-state index contributed by atoms with van der Waals surface area (Å²) in [5.74, 6) is -10.2. The number of carbonyl (C=O) groups is 1. The van der Waals surface area contributed by atoms with Crippen LogP contribution in [0.5, 0.6) is 5.75 Å². The molecule has 2 aromatic rings. The van der Waals surface area contributed by atoms with Crippen LogP contribution in [0.1, 0.15) is 20.3 Å². The summed E-state index contributed by atoms with van der Waals surface area (Å²) in [5.41, 5.74) is -6.70. The fourth-order valence-corrected chi connectivity index (χ4v) is 9.45. The number of carbonyl (C=O) groups excluding carboxylic acids is 1. The number of hydrogen-bond donors (Lipinski definition) is 2. The minimum absolute atomic E-state index is 0.0531. The summed E-state index contributed by atoms with van der Waals surface area (Å²) < 4.78 is 196. The number of benzene rings is 2. The number of sulfonamides is 2. The fourth-order valence-electron chi connectivity index (χ4n) is 3.47. The average Bonchev–Trinajstić information content (AvgIpc) is 2.90. The van der Waals surface area contributed by atoms with Crippen LogP contribution in [0, 0.1) is 5.92 Å². The lowest BCUT2D eigenvalue weighted by Crippen LogP contribution is -2.64. The van der Waals surface area contributed by atoms with Crippen LogP contribution in [0.4, 0.5) is 39.5 Å². The summed E-state index contributed by atoms with van der Waals surface area (Å²) in [6.07, 6.45) is 1.70. The van der Waals surface area contributed by atoms with Crippen molar-refractivity contribution in [1.82, 2.24) is 4.13 Å². The summed E-state index contributed by atoms with van der Waals surface area (Å²) in [6, 6.07) is 6.07. The Hall–Kier alpha value is -2.34. The van der Waals surface area contributed by atoms with E-state index in [-0.39, 0.29) is 10.3 Å². The molecule has 2 unspecified atom stereocenters. The Balaban J connectivity index is 2.68. The maximum absolute atomic E-state index is 14.6. The van der Waals surface area contributed by atoms with Crippen molar-refractivity contribution in [1.29, 1.82) is 0 Å². The van der Waals surface area contributed by atoms with Crippen molar-refractivity contribution in [3.05, 3.63) is 36.4 Å². The van der Waals surface area contributed by atoms with Gasteiger partial charge in [-0.1, -0.05) is 42.2 Å². The van der Waals surface area contributed by atoms with Gasteiger partial charge in [-0.05, 0) is 30.2 Å². The Bertz CT molecular complexity index is 1760. The molecule has 2 atom stereocenters. The molecular weight excluding hydrogens is 709 g/mol. The maximum Gasteiger partial charge on any atom is 0.512 e. The molecule has 0 aromatic heterocycles. The van der Waals surface area contributed by atoms with Crippen LogP contribution >= 0.6 is 10.0 Å². The number of halogens is 9. The Labute approximate surface area is 246 Å². The highest BCUT2D eigenvalue weighted by molar-refractivity contribution is 8.44. The Morgan fingerprint density at radius 3 is 1.80 bits per heavy atom. The first-order valence-corrected chi connectivity index (χ1v) is 18.0. The molecule has 0 amide bonds. The van der Waals surface area contributed by atoms with Gasteiger partial charge < -0.3 is 9.29 Å². The molecule has 0 spiro atoms. The highest BCUT2D eigenvalue weighted by atomic mass is 32.3. The summed E-state index contributed by atoms with van der Waals surface area (Å²) in [4.78, 5) is 13.1. The highest BCUT2D eigenvalue weighted by Gasteiger charge is 2.83. The van der Waals surface area contributed by atoms with E-state index in [9.17, 15) is 74.7 Å². The van der Waals surface area contributed by atoms with Gasteiger partial charge in [-0.2, -0.15) is 47.9 Å². The third kappa shape index (κ3) is 6.09. The van der Waals surface area contributed by atoms with Crippen molar-refractivity contribution in [3.63, 3.8) is 0 Å². The van der Waals surface area contributed by atoms with Crippen molar-refractivity contribution in [2.24, 2.45) is 5.92 Å². The minimum Gasteiger partial charge on any atom is -0.386 e. The molecule has 0 fully saturated rings. The third-order valence-corrected chi connectivity index (χ3v) is 13.9. The van der Waals surface area contributed by atoms with Crippen LogP contribution in [-0.4, -0.2) is 69.6 Å². The molecular formula is C21H22F9NO9S4. The lowest BCUT2D eigenvalue weighted by atomic mass is 10.1. The largest absolute Gasteiger partial charge is 0.512 e. The van der Waals surface area contributed by atoms with E-state index < -0.39 is 94.4 Å². The van der Waals surface area contributed by atoms with Crippen LogP contribution < -0.4 is 8.31 Å². The highest BCUT2D eigenvalue weighted by Crippen LogP contribution is 2.58. The summed E-state index contributed by atoms with van der Waals surface area (Å²) >= 11 is 0. The molecule has 0 saturated heterocycles. The second kappa shape index (κ2) is 11.8. The van der Waals surface area contributed by atoms with Gasteiger partial charge in [0, 0.05) is 16.2 Å². The zero-order valence-corrected chi connectivity index (χ0v) is 25.5. The number of alkyl halides is 9. The van der Waals surface area contributed by atoms with Gasteiger partial charge in [0.15, 0.2) is 10.9 Å². The van der Waals surface area contributed by atoms with Gasteiger partial charge in [-0.3, -0.25) is 4.79 Å². The van der Waals surface area contributed by atoms with E-state index in [4.69, 9.17) is 0 Å². The lowest BCUT2D eigenvalue weighted by molar-refractivity contribution is -0.245. The Morgan fingerprint density at radius 2 is 1.34 bits per heavy atom. The standard InChI is InChI=1S/C21H22F9NO9S4/c1-4-12(2)17(33)41(3,11-32)16-10-9-15(13-7-5-6-8-14(13)16)40-44(38,39)20(26,27)18(22,23)19(24,25)42(34,35)31-43(36,37)21(28,29)30/h5-10,12,31-32H,4,11H2,1-3H3. The van der Waals surface area contributed by atoms with Crippen LogP contribution in [0.15, 0.2) is 41.3 Å². The van der Waals surface area contributed by atoms with Crippen LogP contribution in [-0.2, 0) is 35.0 Å². The van der Waals surface area contributed by atoms with Crippen molar-refractivity contribution < 1.29 is 78.9 Å². The van der Waals surface area contributed by atoms with E-state index in [1.165, 1.54) is 18.4 Å². The van der Waals surface area contributed by atoms with Gasteiger partial charge in [-0.15, -0.1) is 10.0 Å². The molecule has 0 radical (unpaired) electrons. The molecule has 0 heterocycles. The topological polar surface area (TPSA) is 161 Å². The molecule has 0 aliphatic carbocycles. The molecule has 0 aliphatic heterocycles. The van der Waals surface area contributed by atoms with Crippen LogP contribution in [0.25, 0.3) is 10.8 Å². The molecule has 2 aromatic carbocycles. The zero-order chi connectivity index (χ0) is 34.5. The summed E-state index contributed by atoms with van der Waals surface area (Å²) in [7, 11) is -25.6. The fraction of sp³-hybridized carbons (Fsp3) is 0.476. The summed E-state index contributed by atoms with van der Waals surface area (Å²) in [6.45, 7) is 3.21. The number of nitrogens with one attached hydrogen (secondary N) is 1. The predicted octanol–water partition coefficient (Wildman–Crippen LogP) is 4.45. The van der Waals surface area contributed by atoms with Crippen molar-refractivity contribution in [2.45, 2.75) is 47.1 Å². The zero-order valence-electron chi connectivity index (χ0n) is 22.2. The van der Waals surface area contributed by atoms with Gasteiger partial charge >= 0.3 is 42.1 Å². The quantitative estimate of drug-likeness (QED) is 0.237. The lowest BCUT2D eigenvalue weighted by Gasteiger charge is -2.35. The number of hydrogen-bond acceptors (Lipinski definition) is 9. The SMILES string of the molecule is CCC(C)C(=O)S(C)(CO)c1ccc(OS(=O)(=O)C(F)(F)C(F)(F)C(F)(F)S(=O)(=O)NS(=O)(=O)C(F)(F)F)c2ccccc12. The van der Waals surface area contributed by atoms with E-state index in [0.29, 0.717) is 12.5 Å². The van der Waals surface area contributed by atoms with Crippen LogP contribution in [0.2, 0.25) is 0 Å². The molecule has 0 aliphatic rings. The molecule has 0 saturated carbocycles. The molecule has 23 heteroatoms. The Kier molecular flexibility index (Phi) is 10.1. The summed E-state index contributed by atoms with van der Waals surface area (Å²) in [5, 5.41) is -5.73. The second-order valence-electron chi connectivity index (χ2n) is 9.13. The van der Waals surface area contributed by atoms with Gasteiger partial charge in [-0.25, -0.2) is 16.8 Å². The van der Waals surface area contributed by atoms with Crippen molar-refractivity contribution in [3.8, 4) is 5.75 Å². The minimum atomic E-state index is -7.95. The van der Waals surface area contributed by atoms with Crippen molar-refractivity contribution in [2.75, 3.05) is 12.2 Å². The molecule has 252 valence electrons. The van der Waals surface area contributed by atoms with Gasteiger partial charge in [0.05, 0.1) is 5.94 Å². The van der Waals surface area contributed by atoms with Crippen molar-refractivity contribution >= 4 is 56.1 Å². The average molecular weight is 732 g/mol. The van der Waals surface area contributed by atoms with Crippen LogP contribution in [0.3, 0.4) is 0 Å². The molecule has 0 bridgehead atoms. The molecule has 10 nitrogen and oxygen atoms in total. The molecule has 2 N–H and O–H groups in total. The monoisotopic (exact) mass is 731 g/mol. The first-order valence-electron chi connectivity index (χ1n) is 11.4. The number of rotatable bonds is 12. The molecule has 44 heavy (non-hydrogen) atoms. The van der Waals surface area contributed by atoms with E-state index in [1.807, 2.05) is 0 Å². The Morgan fingerprint density at radius 1 is 0.841 bits per heavy atom. The number of fused-ring (bicyclic) bond motifs is 1. The third-order valence-electron chi connectivity index (χ3n) is 6.15. The van der Waals surface area contributed by atoms with Gasteiger partial charge in [0.1, 0.15) is 0 Å². The van der Waals surface area contributed by atoms with E-state index in [0.717, 1.165) is 18.2 Å². The number of aliphatic hydroxyl groups is 1. The maximum atomic E-state index is 14.6.